The zero-order valence-electron chi connectivity index (χ0n) is 17.4. The van der Waals surface area contributed by atoms with Gasteiger partial charge in [0.15, 0.2) is 0 Å². The molecule has 1 aromatic rings. The molecule has 0 spiro atoms. The maximum atomic E-state index is 12.8. The predicted octanol–water partition coefficient (Wildman–Crippen LogP) is 1.09. The van der Waals surface area contributed by atoms with E-state index in [0.717, 1.165) is 0 Å². The summed E-state index contributed by atoms with van der Waals surface area (Å²) in [5.41, 5.74) is 1.07. The number of likely N-dealkylation sites (N-methyl/N-ethyl adjacent to an activating group) is 1. The molecule has 2 aliphatic heterocycles. The van der Waals surface area contributed by atoms with Gasteiger partial charge < -0.3 is 19.9 Å². The quantitative estimate of drug-likeness (QED) is 0.700. The number of urea groups is 1. The minimum Gasteiger partial charge on any atom is -0.466 e. The number of nitrogens with zero attached hydrogens (tertiary/aromatic N) is 3. The number of nitrogens with one attached hydrogen (secondary N) is 1. The molecule has 3 rings (SSSR count). The molecule has 2 aliphatic rings. The molecule has 0 aromatic heterocycles. The van der Waals surface area contributed by atoms with Gasteiger partial charge in [-0.25, -0.2) is 4.79 Å². The standard InChI is InChI=1S/C21H28N4O5/c1-3-30-20(28)15-7-10-24(11-8-15)18(26)14-23(2)19(27)16-5-4-6-17(13-16)25-12-9-22-21(25)29/h4-6,13,15H,3,7-12,14H2,1-2H3,(H,22,29). The lowest BCUT2D eigenvalue weighted by Crippen LogP contribution is -2.45. The van der Waals surface area contributed by atoms with Crippen LogP contribution in [0.15, 0.2) is 24.3 Å². The van der Waals surface area contributed by atoms with Crippen LogP contribution in [0.2, 0.25) is 0 Å². The topological polar surface area (TPSA) is 99.3 Å². The summed E-state index contributed by atoms with van der Waals surface area (Å²) in [5, 5.41) is 2.73. The van der Waals surface area contributed by atoms with Crippen molar-refractivity contribution in [1.29, 1.82) is 0 Å². The van der Waals surface area contributed by atoms with Crippen LogP contribution >= 0.6 is 0 Å². The van der Waals surface area contributed by atoms with Gasteiger partial charge in [0.25, 0.3) is 5.91 Å². The molecule has 2 saturated heterocycles. The van der Waals surface area contributed by atoms with Gasteiger partial charge in [0.1, 0.15) is 0 Å². The summed E-state index contributed by atoms with van der Waals surface area (Å²) in [6.07, 6.45) is 1.14. The first-order chi connectivity index (χ1) is 14.4. The number of likely N-dealkylation sites (tertiary alicyclic amines) is 1. The molecule has 0 aliphatic carbocycles. The normalized spacial score (nSPS) is 16.9. The Kier molecular flexibility index (Phi) is 6.91. The van der Waals surface area contributed by atoms with Gasteiger partial charge >= 0.3 is 12.0 Å². The Morgan fingerprint density at radius 1 is 1.20 bits per heavy atom. The van der Waals surface area contributed by atoms with Crippen LogP contribution in [-0.4, -0.2) is 80.0 Å². The number of hydrogen-bond acceptors (Lipinski definition) is 5. The average molecular weight is 416 g/mol. The number of hydrogen-bond donors (Lipinski definition) is 1. The second kappa shape index (κ2) is 9.60. The van der Waals surface area contributed by atoms with Crippen molar-refractivity contribution in [3.63, 3.8) is 0 Å². The average Bonchev–Trinajstić information content (AvgIpc) is 3.19. The number of esters is 1. The van der Waals surface area contributed by atoms with E-state index in [-0.39, 0.29) is 36.3 Å². The summed E-state index contributed by atoms with van der Waals surface area (Å²) in [7, 11) is 1.58. The Morgan fingerprint density at radius 3 is 2.57 bits per heavy atom. The smallest absolute Gasteiger partial charge is 0.321 e. The molecule has 0 bridgehead atoms. The summed E-state index contributed by atoms with van der Waals surface area (Å²) in [6, 6.07) is 6.66. The Hall–Kier alpha value is -3.10. The number of benzene rings is 1. The van der Waals surface area contributed by atoms with E-state index in [1.165, 1.54) is 4.90 Å². The molecule has 162 valence electrons. The van der Waals surface area contributed by atoms with Crippen LogP contribution in [0.3, 0.4) is 0 Å². The highest BCUT2D eigenvalue weighted by atomic mass is 16.5. The fraction of sp³-hybridized carbons (Fsp3) is 0.524. The van der Waals surface area contributed by atoms with Crippen molar-refractivity contribution < 1.29 is 23.9 Å². The molecule has 0 saturated carbocycles. The molecular formula is C21H28N4O5. The molecular weight excluding hydrogens is 388 g/mol. The van der Waals surface area contributed by atoms with Crippen LogP contribution in [0.4, 0.5) is 10.5 Å². The molecule has 9 nitrogen and oxygen atoms in total. The number of ether oxygens (including phenoxy) is 1. The first-order valence-electron chi connectivity index (χ1n) is 10.3. The van der Waals surface area contributed by atoms with Crippen molar-refractivity contribution >= 4 is 29.5 Å². The molecule has 30 heavy (non-hydrogen) atoms. The fourth-order valence-corrected chi connectivity index (χ4v) is 3.74. The molecule has 0 radical (unpaired) electrons. The van der Waals surface area contributed by atoms with Crippen LogP contribution in [0, 0.1) is 5.92 Å². The van der Waals surface area contributed by atoms with Crippen molar-refractivity contribution in [2.75, 3.05) is 51.3 Å². The predicted molar refractivity (Wildman–Crippen MR) is 110 cm³/mol. The Bertz CT molecular complexity index is 819. The third-order valence-electron chi connectivity index (χ3n) is 5.45. The van der Waals surface area contributed by atoms with Gasteiger partial charge in [0, 0.05) is 44.5 Å². The molecule has 0 unspecified atom stereocenters. The number of piperidine rings is 1. The molecule has 0 atom stereocenters. The van der Waals surface area contributed by atoms with E-state index in [1.54, 1.807) is 48.0 Å². The zero-order valence-corrected chi connectivity index (χ0v) is 17.4. The number of rotatable bonds is 6. The number of amides is 4. The van der Waals surface area contributed by atoms with E-state index in [0.29, 0.717) is 56.9 Å². The van der Waals surface area contributed by atoms with Gasteiger partial charge in [-0.3, -0.25) is 19.3 Å². The van der Waals surface area contributed by atoms with Crippen LogP contribution in [0.5, 0.6) is 0 Å². The van der Waals surface area contributed by atoms with Gasteiger partial charge in [-0.15, -0.1) is 0 Å². The summed E-state index contributed by atoms with van der Waals surface area (Å²) in [5.74, 6) is -0.809. The highest BCUT2D eigenvalue weighted by Crippen LogP contribution is 2.20. The highest BCUT2D eigenvalue weighted by molar-refractivity contribution is 5.99. The van der Waals surface area contributed by atoms with Crippen molar-refractivity contribution in [1.82, 2.24) is 15.1 Å². The largest absolute Gasteiger partial charge is 0.466 e. The lowest BCUT2D eigenvalue weighted by atomic mass is 9.97. The summed E-state index contributed by atoms with van der Waals surface area (Å²) in [6.45, 7) is 4.16. The summed E-state index contributed by atoms with van der Waals surface area (Å²) < 4.78 is 5.05. The van der Waals surface area contributed by atoms with E-state index in [4.69, 9.17) is 4.74 Å². The number of anilines is 1. The SMILES string of the molecule is CCOC(=O)C1CCN(C(=O)CN(C)C(=O)c2cccc(N3CCNC3=O)c2)CC1. The number of carbonyl (C=O) groups excluding carboxylic acids is 4. The Morgan fingerprint density at radius 2 is 1.93 bits per heavy atom. The lowest BCUT2D eigenvalue weighted by molar-refractivity contribution is -0.151. The summed E-state index contributed by atoms with van der Waals surface area (Å²) >= 11 is 0. The third kappa shape index (κ3) is 4.90. The first-order valence-corrected chi connectivity index (χ1v) is 10.3. The van der Waals surface area contributed by atoms with E-state index in [2.05, 4.69) is 5.32 Å². The van der Waals surface area contributed by atoms with Gasteiger partial charge in [0.05, 0.1) is 19.1 Å². The van der Waals surface area contributed by atoms with E-state index in [9.17, 15) is 19.2 Å². The molecule has 1 aromatic carbocycles. The zero-order chi connectivity index (χ0) is 21.7. The van der Waals surface area contributed by atoms with Crippen LogP contribution in [0.1, 0.15) is 30.1 Å². The second-order valence-electron chi connectivity index (χ2n) is 7.50. The van der Waals surface area contributed by atoms with E-state index >= 15 is 0 Å². The third-order valence-corrected chi connectivity index (χ3v) is 5.45. The Balaban J connectivity index is 1.55. The molecule has 9 heteroatoms. The van der Waals surface area contributed by atoms with E-state index < -0.39 is 0 Å². The van der Waals surface area contributed by atoms with Crippen molar-refractivity contribution in [3.05, 3.63) is 29.8 Å². The van der Waals surface area contributed by atoms with Crippen molar-refractivity contribution in [2.45, 2.75) is 19.8 Å². The molecule has 1 N–H and O–H groups in total. The maximum Gasteiger partial charge on any atom is 0.321 e. The van der Waals surface area contributed by atoms with E-state index in [1.807, 2.05) is 0 Å². The van der Waals surface area contributed by atoms with Gasteiger partial charge in [-0.1, -0.05) is 6.07 Å². The van der Waals surface area contributed by atoms with Crippen LogP contribution < -0.4 is 10.2 Å². The van der Waals surface area contributed by atoms with Gasteiger partial charge in [0.2, 0.25) is 5.91 Å². The Labute approximate surface area is 175 Å². The molecule has 2 fully saturated rings. The first kappa shape index (κ1) is 21.6. The van der Waals surface area contributed by atoms with Crippen molar-refractivity contribution in [2.24, 2.45) is 5.92 Å². The maximum absolute atomic E-state index is 12.8. The van der Waals surface area contributed by atoms with Gasteiger partial charge in [-0.05, 0) is 38.0 Å². The van der Waals surface area contributed by atoms with Crippen LogP contribution in [0.25, 0.3) is 0 Å². The lowest BCUT2D eigenvalue weighted by Gasteiger charge is -2.32. The number of carbonyl (C=O) groups is 4. The monoisotopic (exact) mass is 416 g/mol. The minimum atomic E-state index is -0.286. The minimum absolute atomic E-state index is 0.0443. The summed E-state index contributed by atoms with van der Waals surface area (Å²) in [4.78, 5) is 53.7. The molecule has 2 heterocycles. The second-order valence-corrected chi connectivity index (χ2v) is 7.50. The van der Waals surface area contributed by atoms with Gasteiger partial charge in [-0.2, -0.15) is 0 Å². The fourth-order valence-electron chi connectivity index (χ4n) is 3.74. The van der Waals surface area contributed by atoms with Crippen molar-refractivity contribution in [3.8, 4) is 0 Å². The molecule has 4 amide bonds. The highest BCUT2D eigenvalue weighted by Gasteiger charge is 2.29. The van der Waals surface area contributed by atoms with Crippen LogP contribution in [-0.2, 0) is 14.3 Å².